The molecule has 1 aliphatic carbocycles. The Hall–Kier alpha value is -2.86. The number of nitrogens with zero attached hydrogens (tertiary/aromatic N) is 2. The van der Waals surface area contributed by atoms with Crippen LogP contribution in [-0.4, -0.2) is 29.1 Å². The zero-order valence-corrected chi connectivity index (χ0v) is 15.9. The van der Waals surface area contributed by atoms with Crippen LogP contribution in [0.25, 0.3) is 11.3 Å². The van der Waals surface area contributed by atoms with Crippen molar-refractivity contribution < 1.29 is 9.53 Å². The van der Waals surface area contributed by atoms with Crippen LogP contribution in [0.5, 0.6) is 5.75 Å². The molecule has 4 rings (SSSR count). The van der Waals surface area contributed by atoms with Gasteiger partial charge in [-0.3, -0.25) is 5.32 Å². The molecule has 0 radical (unpaired) electrons. The van der Waals surface area contributed by atoms with Crippen molar-refractivity contribution in [2.24, 2.45) is 0 Å². The van der Waals surface area contributed by atoms with Crippen molar-refractivity contribution in [3.05, 3.63) is 65.5 Å². The lowest BCUT2D eigenvalue weighted by molar-refractivity contribution is 0.206. The average Bonchev–Trinajstić information content (AvgIpc) is 3.45. The molecule has 0 unspecified atom stereocenters. The third-order valence-electron chi connectivity index (χ3n) is 4.55. The lowest BCUT2D eigenvalue weighted by Gasteiger charge is -2.22. The van der Waals surface area contributed by atoms with Crippen molar-refractivity contribution in [2.45, 2.75) is 25.4 Å². The second-order valence-electron chi connectivity index (χ2n) is 6.54. The number of carbonyl (C=O) groups excluding carboxylic acids is 1. The first-order valence-corrected chi connectivity index (χ1v) is 9.82. The molecular formula is C21H21N3O2S. The van der Waals surface area contributed by atoms with E-state index in [-0.39, 0.29) is 6.03 Å². The zero-order valence-electron chi connectivity index (χ0n) is 15.1. The summed E-state index contributed by atoms with van der Waals surface area (Å²) >= 11 is 1.45. The Kier molecular flexibility index (Phi) is 5.07. The SMILES string of the molecule is COc1ccc(CN(C(=O)Nc2nc(-c3ccccc3)cs2)C2CC2)cc1. The maximum atomic E-state index is 12.8. The number of hydrogen-bond acceptors (Lipinski definition) is 4. The van der Waals surface area contributed by atoms with Crippen LogP contribution in [0.15, 0.2) is 60.0 Å². The Morgan fingerprint density at radius 1 is 1.19 bits per heavy atom. The zero-order chi connectivity index (χ0) is 18.6. The van der Waals surface area contributed by atoms with E-state index in [0.29, 0.717) is 17.7 Å². The average molecular weight is 379 g/mol. The van der Waals surface area contributed by atoms with E-state index in [1.807, 2.05) is 64.9 Å². The maximum Gasteiger partial charge on any atom is 0.324 e. The van der Waals surface area contributed by atoms with Gasteiger partial charge in [-0.15, -0.1) is 11.3 Å². The van der Waals surface area contributed by atoms with E-state index in [0.717, 1.165) is 35.4 Å². The summed E-state index contributed by atoms with van der Waals surface area (Å²) in [6.07, 6.45) is 2.10. The molecule has 27 heavy (non-hydrogen) atoms. The molecule has 2 aromatic carbocycles. The van der Waals surface area contributed by atoms with Crippen LogP contribution in [-0.2, 0) is 6.54 Å². The van der Waals surface area contributed by atoms with Gasteiger partial charge in [0.15, 0.2) is 5.13 Å². The fourth-order valence-corrected chi connectivity index (χ4v) is 3.63. The highest BCUT2D eigenvalue weighted by molar-refractivity contribution is 7.14. The van der Waals surface area contributed by atoms with Crippen LogP contribution >= 0.6 is 11.3 Å². The molecule has 1 fully saturated rings. The molecule has 0 aliphatic heterocycles. The third kappa shape index (κ3) is 4.28. The van der Waals surface area contributed by atoms with Crippen molar-refractivity contribution in [3.63, 3.8) is 0 Å². The number of hydrogen-bond donors (Lipinski definition) is 1. The summed E-state index contributed by atoms with van der Waals surface area (Å²) in [5.74, 6) is 0.817. The van der Waals surface area contributed by atoms with Gasteiger partial charge in [-0.1, -0.05) is 42.5 Å². The number of anilines is 1. The minimum Gasteiger partial charge on any atom is -0.497 e. The van der Waals surface area contributed by atoms with Crippen LogP contribution < -0.4 is 10.1 Å². The predicted molar refractivity (Wildman–Crippen MR) is 108 cm³/mol. The number of carbonyl (C=O) groups is 1. The molecule has 0 spiro atoms. The smallest absolute Gasteiger partial charge is 0.324 e. The predicted octanol–water partition coefficient (Wildman–Crippen LogP) is 5.02. The Labute approximate surface area is 162 Å². The third-order valence-corrected chi connectivity index (χ3v) is 5.31. The van der Waals surface area contributed by atoms with Gasteiger partial charge in [0.25, 0.3) is 0 Å². The van der Waals surface area contributed by atoms with Crippen LogP contribution in [0.3, 0.4) is 0 Å². The second kappa shape index (κ2) is 7.80. The fraction of sp³-hybridized carbons (Fsp3) is 0.238. The highest BCUT2D eigenvalue weighted by atomic mass is 32.1. The quantitative estimate of drug-likeness (QED) is 0.655. The normalized spacial score (nSPS) is 13.2. The topological polar surface area (TPSA) is 54.5 Å². The number of methoxy groups -OCH3 is 1. The van der Waals surface area contributed by atoms with E-state index < -0.39 is 0 Å². The first-order chi connectivity index (χ1) is 13.2. The summed E-state index contributed by atoms with van der Waals surface area (Å²) in [4.78, 5) is 19.3. The van der Waals surface area contributed by atoms with Gasteiger partial charge in [-0.05, 0) is 30.5 Å². The minimum atomic E-state index is -0.0951. The number of rotatable bonds is 6. The van der Waals surface area contributed by atoms with Gasteiger partial charge in [-0.25, -0.2) is 9.78 Å². The van der Waals surface area contributed by atoms with Gasteiger partial charge >= 0.3 is 6.03 Å². The number of aromatic nitrogens is 1. The number of nitrogens with one attached hydrogen (secondary N) is 1. The Morgan fingerprint density at radius 2 is 1.93 bits per heavy atom. The number of thiazole rings is 1. The van der Waals surface area contributed by atoms with Gasteiger partial charge in [-0.2, -0.15) is 0 Å². The summed E-state index contributed by atoms with van der Waals surface area (Å²) in [6, 6.07) is 18.0. The second-order valence-corrected chi connectivity index (χ2v) is 7.40. The van der Waals surface area contributed by atoms with Gasteiger partial charge in [0.05, 0.1) is 12.8 Å². The lowest BCUT2D eigenvalue weighted by Crippen LogP contribution is -2.36. The molecule has 138 valence electrons. The molecule has 6 heteroatoms. The molecule has 1 aliphatic rings. The largest absolute Gasteiger partial charge is 0.497 e. The highest BCUT2D eigenvalue weighted by Crippen LogP contribution is 2.30. The van der Waals surface area contributed by atoms with Crippen molar-refractivity contribution in [2.75, 3.05) is 12.4 Å². The maximum absolute atomic E-state index is 12.8. The monoisotopic (exact) mass is 379 g/mol. The van der Waals surface area contributed by atoms with Crippen molar-refractivity contribution in [3.8, 4) is 17.0 Å². The molecular weight excluding hydrogens is 358 g/mol. The van der Waals surface area contributed by atoms with Crippen molar-refractivity contribution in [1.82, 2.24) is 9.88 Å². The molecule has 1 aromatic heterocycles. The van der Waals surface area contributed by atoms with E-state index in [4.69, 9.17) is 4.74 Å². The molecule has 2 amide bonds. The number of ether oxygens (including phenoxy) is 1. The van der Waals surface area contributed by atoms with E-state index in [2.05, 4.69) is 10.3 Å². The molecule has 1 N–H and O–H groups in total. The number of urea groups is 1. The number of amides is 2. The van der Waals surface area contributed by atoms with Gasteiger partial charge in [0.2, 0.25) is 0 Å². The van der Waals surface area contributed by atoms with E-state index in [1.54, 1.807) is 7.11 Å². The molecule has 0 bridgehead atoms. The van der Waals surface area contributed by atoms with Gasteiger partial charge in [0.1, 0.15) is 5.75 Å². The molecule has 0 saturated heterocycles. The molecule has 1 saturated carbocycles. The summed E-state index contributed by atoms with van der Waals surface area (Å²) in [5.41, 5.74) is 3.01. The first-order valence-electron chi connectivity index (χ1n) is 8.94. The summed E-state index contributed by atoms with van der Waals surface area (Å²) < 4.78 is 5.20. The fourth-order valence-electron chi connectivity index (χ4n) is 2.92. The first kappa shape index (κ1) is 17.5. The van der Waals surface area contributed by atoms with E-state index in [1.165, 1.54) is 11.3 Å². The number of benzene rings is 2. The van der Waals surface area contributed by atoms with E-state index >= 15 is 0 Å². The standard InChI is InChI=1S/C21H21N3O2S/c1-26-18-11-7-15(8-12-18)13-24(17-9-10-17)21(25)23-20-22-19(14-27-20)16-5-3-2-4-6-16/h2-8,11-12,14,17H,9-10,13H2,1H3,(H,22,23,25). The summed E-state index contributed by atoms with van der Waals surface area (Å²) in [7, 11) is 1.65. The molecule has 1 heterocycles. The van der Waals surface area contributed by atoms with Crippen LogP contribution in [0.2, 0.25) is 0 Å². The molecule has 5 nitrogen and oxygen atoms in total. The lowest BCUT2D eigenvalue weighted by atomic mass is 10.2. The Balaban J connectivity index is 1.44. The minimum absolute atomic E-state index is 0.0951. The van der Waals surface area contributed by atoms with Crippen LogP contribution in [0.1, 0.15) is 18.4 Å². The van der Waals surface area contributed by atoms with Crippen molar-refractivity contribution >= 4 is 22.5 Å². The van der Waals surface area contributed by atoms with E-state index in [9.17, 15) is 4.79 Å². The Morgan fingerprint density at radius 3 is 2.59 bits per heavy atom. The highest BCUT2D eigenvalue weighted by Gasteiger charge is 2.33. The van der Waals surface area contributed by atoms with Crippen LogP contribution in [0, 0.1) is 0 Å². The summed E-state index contributed by atoms with van der Waals surface area (Å²) in [6.45, 7) is 0.581. The molecule has 3 aromatic rings. The van der Waals surface area contributed by atoms with Gasteiger partial charge in [0, 0.05) is 23.5 Å². The molecule has 0 atom stereocenters. The summed E-state index contributed by atoms with van der Waals surface area (Å²) in [5, 5.41) is 5.56. The van der Waals surface area contributed by atoms with Crippen LogP contribution in [0.4, 0.5) is 9.93 Å². The van der Waals surface area contributed by atoms with Gasteiger partial charge < -0.3 is 9.64 Å². The van der Waals surface area contributed by atoms with Crippen molar-refractivity contribution in [1.29, 1.82) is 0 Å². The Bertz CT molecular complexity index is 905.